The first-order chi connectivity index (χ1) is 8.72. The van der Waals surface area contributed by atoms with Crippen molar-refractivity contribution in [3.63, 3.8) is 0 Å². The molecular weight excluding hydrogens is 289 g/mol. The molecule has 1 aliphatic heterocycles. The molecule has 0 saturated carbocycles. The van der Waals surface area contributed by atoms with E-state index in [2.05, 4.69) is 11.6 Å². The van der Waals surface area contributed by atoms with Crippen LogP contribution in [0.4, 0.5) is 0 Å². The van der Waals surface area contributed by atoms with Gasteiger partial charge in [0.25, 0.3) is 0 Å². The van der Waals surface area contributed by atoms with Crippen LogP contribution < -0.4 is 10.1 Å². The summed E-state index contributed by atoms with van der Waals surface area (Å²) in [5, 5.41) is 4.43. The van der Waals surface area contributed by atoms with Crippen molar-refractivity contribution in [3.8, 4) is 5.75 Å². The van der Waals surface area contributed by atoms with Gasteiger partial charge in [-0.3, -0.25) is 0 Å². The molecule has 0 unspecified atom stereocenters. The van der Waals surface area contributed by atoms with Gasteiger partial charge in [-0.05, 0) is 31.4 Å². The van der Waals surface area contributed by atoms with E-state index >= 15 is 0 Å². The molecule has 0 bridgehead atoms. The topological polar surface area (TPSA) is 21.3 Å². The molecule has 1 fully saturated rings. The van der Waals surface area contributed by atoms with Gasteiger partial charge in [0.1, 0.15) is 16.9 Å². The Labute approximate surface area is 122 Å². The summed E-state index contributed by atoms with van der Waals surface area (Å²) in [5.74, 6) is 2.21. The summed E-state index contributed by atoms with van der Waals surface area (Å²) >= 11 is 14.0. The molecule has 2 atom stereocenters. The number of nitrogens with one attached hydrogen (secondary N) is 1. The van der Waals surface area contributed by atoms with Gasteiger partial charge in [0.15, 0.2) is 0 Å². The summed E-state index contributed by atoms with van der Waals surface area (Å²) in [4.78, 5) is 0. The van der Waals surface area contributed by atoms with Crippen molar-refractivity contribution in [3.05, 3.63) is 28.2 Å². The minimum atomic E-state index is 0.186. The molecule has 1 heterocycles. The minimum absolute atomic E-state index is 0.186. The highest BCUT2D eigenvalue weighted by atomic mass is 35.5. The van der Waals surface area contributed by atoms with Crippen LogP contribution in [0, 0.1) is 5.92 Å². The fraction of sp³-hybridized carbons (Fsp3) is 0.538. The first-order valence-electron chi connectivity index (χ1n) is 6.02. The number of hydrogen-bond donors (Lipinski definition) is 1. The average Bonchev–Trinajstić information content (AvgIpc) is 2.88. The minimum Gasteiger partial charge on any atom is -0.488 e. The lowest BCUT2D eigenvalue weighted by Crippen LogP contribution is -2.31. The maximum absolute atomic E-state index is 6.16. The summed E-state index contributed by atoms with van der Waals surface area (Å²) in [6.07, 6.45) is 3.44. The average molecular weight is 306 g/mol. The summed E-state index contributed by atoms with van der Waals surface area (Å²) in [5.41, 5.74) is 0. The third-order valence-corrected chi connectivity index (χ3v) is 4.61. The van der Waals surface area contributed by atoms with E-state index < -0.39 is 0 Å². The van der Waals surface area contributed by atoms with Crippen molar-refractivity contribution < 1.29 is 4.74 Å². The molecule has 1 saturated heterocycles. The Morgan fingerprint density at radius 3 is 3.00 bits per heavy atom. The molecule has 0 spiro atoms. The number of ether oxygens (including phenoxy) is 1. The molecule has 0 radical (unpaired) electrons. The van der Waals surface area contributed by atoms with Crippen LogP contribution in [0.5, 0.6) is 5.75 Å². The zero-order valence-corrected chi connectivity index (χ0v) is 12.6. The van der Waals surface area contributed by atoms with E-state index in [1.54, 1.807) is 17.8 Å². The fourth-order valence-electron chi connectivity index (χ4n) is 2.16. The summed E-state index contributed by atoms with van der Waals surface area (Å²) in [6, 6.07) is 5.52. The van der Waals surface area contributed by atoms with E-state index in [-0.39, 0.29) is 6.10 Å². The molecular formula is C13H17Cl2NOS. The highest BCUT2D eigenvalue weighted by molar-refractivity contribution is 7.98. The van der Waals surface area contributed by atoms with E-state index in [1.807, 2.05) is 12.1 Å². The number of rotatable bonds is 5. The normalized spacial score (nSPS) is 20.9. The Morgan fingerprint density at radius 2 is 2.33 bits per heavy atom. The Bertz CT molecular complexity index is 397. The van der Waals surface area contributed by atoms with Gasteiger partial charge >= 0.3 is 0 Å². The fourth-order valence-corrected chi connectivity index (χ4v) is 3.17. The molecule has 1 aromatic rings. The predicted molar refractivity (Wildman–Crippen MR) is 80.2 cm³/mol. The molecule has 0 aliphatic carbocycles. The first kappa shape index (κ1) is 14.3. The Morgan fingerprint density at radius 1 is 1.50 bits per heavy atom. The Balaban J connectivity index is 2.10. The van der Waals surface area contributed by atoms with E-state index in [1.165, 1.54) is 0 Å². The third kappa shape index (κ3) is 3.47. The lowest BCUT2D eigenvalue weighted by Gasteiger charge is -2.24. The maximum Gasteiger partial charge on any atom is 0.139 e. The molecule has 1 aromatic carbocycles. The molecule has 2 rings (SSSR count). The first-order valence-corrected chi connectivity index (χ1v) is 8.17. The van der Waals surface area contributed by atoms with E-state index in [0.29, 0.717) is 21.7 Å². The summed E-state index contributed by atoms with van der Waals surface area (Å²) < 4.78 is 6.07. The molecule has 1 aliphatic rings. The maximum atomic E-state index is 6.16. The van der Waals surface area contributed by atoms with E-state index in [9.17, 15) is 0 Å². The molecule has 0 aromatic heterocycles. The summed E-state index contributed by atoms with van der Waals surface area (Å²) in [6.45, 7) is 2.09. The van der Waals surface area contributed by atoms with Gasteiger partial charge in [-0.25, -0.2) is 0 Å². The van der Waals surface area contributed by atoms with Crippen LogP contribution in [-0.4, -0.2) is 31.2 Å². The van der Waals surface area contributed by atoms with Gasteiger partial charge in [-0.1, -0.05) is 29.3 Å². The van der Waals surface area contributed by atoms with Gasteiger partial charge in [-0.2, -0.15) is 11.8 Å². The largest absolute Gasteiger partial charge is 0.488 e. The van der Waals surface area contributed by atoms with Crippen molar-refractivity contribution >= 4 is 35.0 Å². The Kier molecular flexibility index (Phi) is 5.49. The third-order valence-electron chi connectivity index (χ3n) is 3.15. The second kappa shape index (κ2) is 6.90. The van der Waals surface area contributed by atoms with Gasteiger partial charge in [0.2, 0.25) is 0 Å². The number of halogens is 2. The lowest BCUT2D eigenvalue weighted by molar-refractivity contribution is 0.166. The predicted octanol–water partition coefficient (Wildman–Crippen LogP) is 3.71. The number of hydrogen-bond acceptors (Lipinski definition) is 3. The molecule has 18 heavy (non-hydrogen) atoms. The van der Waals surface area contributed by atoms with E-state index in [4.69, 9.17) is 27.9 Å². The van der Waals surface area contributed by atoms with Crippen molar-refractivity contribution in [2.75, 3.05) is 25.1 Å². The summed E-state index contributed by atoms with van der Waals surface area (Å²) in [7, 11) is 0. The molecule has 1 N–H and O–H groups in total. The van der Waals surface area contributed by atoms with Crippen LogP contribution in [-0.2, 0) is 0 Å². The van der Waals surface area contributed by atoms with Crippen LogP contribution in [0.15, 0.2) is 18.2 Å². The second-order valence-corrected chi connectivity index (χ2v) is 6.11. The van der Waals surface area contributed by atoms with Crippen molar-refractivity contribution in [1.29, 1.82) is 0 Å². The van der Waals surface area contributed by atoms with Gasteiger partial charge < -0.3 is 10.1 Å². The van der Waals surface area contributed by atoms with Crippen molar-refractivity contribution in [1.82, 2.24) is 5.32 Å². The monoisotopic (exact) mass is 305 g/mol. The molecule has 0 amide bonds. The zero-order chi connectivity index (χ0) is 13.0. The lowest BCUT2D eigenvalue weighted by atomic mass is 10.0. The van der Waals surface area contributed by atoms with Crippen molar-refractivity contribution in [2.45, 2.75) is 12.5 Å². The Hall–Kier alpha value is -0.0900. The van der Waals surface area contributed by atoms with Crippen LogP contribution in [0.3, 0.4) is 0 Å². The van der Waals surface area contributed by atoms with Crippen LogP contribution in [0.1, 0.15) is 6.42 Å². The van der Waals surface area contributed by atoms with Crippen LogP contribution in [0.25, 0.3) is 0 Å². The molecule has 5 heteroatoms. The van der Waals surface area contributed by atoms with Gasteiger partial charge in [-0.15, -0.1) is 0 Å². The SMILES string of the molecule is CSC[C@H](Oc1cccc(Cl)c1Cl)[C@H]1CCNC1. The van der Waals surface area contributed by atoms with Gasteiger partial charge in [0, 0.05) is 18.2 Å². The van der Waals surface area contributed by atoms with Crippen molar-refractivity contribution in [2.24, 2.45) is 5.92 Å². The quantitative estimate of drug-likeness (QED) is 0.896. The number of benzene rings is 1. The van der Waals surface area contributed by atoms with Gasteiger partial charge in [0.05, 0.1) is 5.02 Å². The smallest absolute Gasteiger partial charge is 0.139 e. The number of thioether (sulfide) groups is 1. The standard InChI is InChI=1S/C13H17Cl2NOS/c1-18-8-12(9-5-6-16-7-9)17-11-4-2-3-10(14)13(11)15/h2-4,9,12,16H,5-8H2,1H3/t9-,12-/m0/s1. The highest BCUT2D eigenvalue weighted by Crippen LogP contribution is 2.33. The van der Waals surface area contributed by atoms with Crippen LogP contribution >= 0.6 is 35.0 Å². The molecule has 100 valence electrons. The second-order valence-electron chi connectivity index (χ2n) is 4.42. The van der Waals surface area contributed by atoms with Crippen LogP contribution in [0.2, 0.25) is 10.0 Å². The molecule has 2 nitrogen and oxygen atoms in total. The zero-order valence-electron chi connectivity index (χ0n) is 10.3. The van der Waals surface area contributed by atoms with E-state index in [0.717, 1.165) is 25.3 Å². The highest BCUT2D eigenvalue weighted by Gasteiger charge is 2.26.